The van der Waals surface area contributed by atoms with E-state index in [2.05, 4.69) is 0 Å². The summed E-state index contributed by atoms with van der Waals surface area (Å²) in [5.74, 6) is -0.916. The van der Waals surface area contributed by atoms with E-state index >= 15 is 0 Å². The lowest BCUT2D eigenvalue weighted by Crippen LogP contribution is -1.88. The van der Waals surface area contributed by atoms with Crippen LogP contribution < -0.4 is 4.74 Å². The van der Waals surface area contributed by atoms with Gasteiger partial charge >= 0.3 is 0 Å². The quantitative estimate of drug-likeness (QED) is 0.721. The monoisotopic (exact) mass is 250 g/mol. The van der Waals surface area contributed by atoms with E-state index in [4.69, 9.17) is 4.74 Å². The van der Waals surface area contributed by atoms with Crippen LogP contribution in [0.25, 0.3) is 0 Å². The van der Waals surface area contributed by atoms with Gasteiger partial charge in [0.1, 0.15) is 11.5 Å². The zero-order valence-electron chi connectivity index (χ0n) is 10.7. The van der Waals surface area contributed by atoms with E-state index in [-0.39, 0.29) is 5.75 Å². The van der Waals surface area contributed by atoms with Crippen molar-refractivity contribution in [2.75, 3.05) is 0 Å². The zero-order valence-corrected chi connectivity index (χ0v) is 10.7. The Kier molecular flexibility index (Phi) is 5.31. The third kappa shape index (κ3) is 3.84. The van der Waals surface area contributed by atoms with Crippen LogP contribution in [0.3, 0.4) is 0 Å². The van der Waals surface area contributed by atoms with Crippen molar-refractivity contribution >= 4 is 0 Å². The third-order valence-electron chi connectivity index (χ3n) is 2.15. The minimum atomic E-state index is -0.912. The lowest BCUT2D eigenvalue weighted by atomic mass is 10.2. The molecule has 0 aromatic heterocycles. The predicted octanol–water partition coefficient (Wildman–Crippen LogP) is 5.09. The topological polar surface area (TPSA) is 9.23 Å². The fourth-order valence-electron chi connectivity index (χ4n) is 1.28. The molecule has 0 aliphatic carbocycles. The van der Waals surface area contributed by atoms with Gasteiger partial charge in [-0.05, 0) is 31.2 Å². The fraction of sp³-hybridized carbons (Fsp3) is 0.200. The molecule has 0 bridgehead atoms. The molecule has 2 aromatic rings. The van der Waals surface area contributed by atoms with Gasteiger partial charge in [0.2, 0.25) is 0 Å². The summed E-state index contributed by atoms with van der Waals surface area (Å²) in [6.45, 7) is 5.96. The first-order chi connectivity index (χ1) is 8.65. The van der Waals surface area contributed by atoms with E-state index in [0.29, 0.717) is 5.75 Å². The molecule has 0 atom stereocenters. The number of halogens is 2. The molecule has 96 valence electrons. The summed E-state index contributed by atoms with van der Waals surface area (Å²) in [5.41, 5.74) is 1.11. The molecule has 2 rings (SSSR count). The second-order valence-corrected chi connectivity index (χ2v) is 3.49. The van der Waals surface area contributed by atoms with Crippen molar-refractivity contribution in [3.8, 4) is 11.5 Å². The molecule has 0 saturated heterocycles. The van der Waals surface area contributed by atoms with E-state index in [0.717, 1.165) is 17.7 Å². The number of ether oxygens (including phenoxy) is 1. The Morgan fingerprint density at radius 1 is 0.778 bits per heavy atom. The molecule has 0 aliphatic rings. The zero-order chi connectivity index (χ0) is 13.5. The van der Waals surface area contributed by atoms with Crippen LogP contribution >= 0.6 is 0 Å². The van der Waals surface area contributed by atoms with Crippen LogP contribution in [0.2, 0.25) is 0 Å². The smallest absolute Gasteiger partial charge is 0.162 e. The lowest BCUT2D eigenvalue weighted by Gasteiger charge is -2.05. The molecule has 2 aromatic carbocycles. The molecule has 0 radical (unpaired) electrons. The van der Waals surface area contributed by atoms with Crippen molar-refractivity contribution < 1.29 is 13.5 Å². The van der Waals surface area contributed by atoms with Crippen LogP contribution in [0.15, 0.2) is 42.5 Å². The number of benzene rings is 2. The van der Waals surface area contributed by atoms with Crippen molar-refractivity contribution in [2.24, 2.45) is 0 Å². The average molecular weight is 250 g/mol. The van der Waals surface area contributed by atoms with Crippen molar-refractivity contribution in [3.63, 3.8) is 0 Å². The van der Waals surface area contributed by atoms with Gasteiger partial charge in [0, 0.05) is 6.07 Å². The van der Waals surface area contributed by atoms with E-state index in [1.807, 2.05) is 32.9 Å². The molecule has 3 heteroatoms. The predicted molar refractivity (Wildman–Crippen MR) is 69.0 cm³/mol. The van der Waals surface area contributed by atoms with Crippen molar-refractivity contribution in [3.05, 3.63) is 59.7 Å². The molecular formula is C15H16F2O. The SMILES string of the molecule is CC.Cc1ccc(Oc2ccc(F)c(F)c2)cc1. The van der Waals surface area contributed by atoms with Crippen LogP contribution in [-0.2, 0) is 0 Å². The Morgan fingerprint density at radius 3 is 1.89 bits per heavy atom. The van der Waals surface area contributed by atoms with E-state index < -0.39 is 11.6 Å². The summed E-state index contributed by atoms with van der Waals surface area (Å²) in [6.07, 6.45) is 0. The second kappa shape index (κ2) is 6.74. The summed E-state index contributed by atoms with van der Waals surface area (Å²) in [5, 5.41) is 0. The van der Waals surface area contributed by atoms with Crippen molar-refractivity contribution in [1.29, 1.82) is 0 Å². The Hall–Kier alpha value is -1.90. The molecule has 0 unspecified atom stereocenters. The minimum Gasteiger partial charge on any atom is -0.457 e. The summed E-state index contributed by atoms with van der Waals surface area (Å²) in [4.78, 5) is 0. The number of hydrogen-bond donors (Lipinski definition) is 0. The van der Waals surface area contributed by atoms with Gasteiger partial charge < -0.3 is 4.74 Å². The van der Waals surface area contributed by atoms with Gasteiger partial charge in [-0.1, -0.05) is 31.5 Å². The molecule has 0 spiro atoms. The largest absolute Gasteiger partial charge is 0.457 e. The van der Waals surface area contributed by atoms with Gasteiger partial charge in [-0.25, -0.2) is 8.78 Å². The Bertz CT molecular complexity index is 492. The number of hydrogen-bond acceptors (Lipinski definition) is 1. The fourth-order valence-corrected chi connectivity index (χ4v) is 1.28. The van der Waals surface area contributed by atoms with Gasteiger partial charge in [-0.3, -0.25) is 0 Å². The summed E-state index contributed by atoms with van der Waals surface area (Å²) < 4.78 is 30.9. The van der Waals surface area contributed by atoms with E-state index in [9.17, 15) is 8.78 Å². The van der Waals surface area contributed by atoms with Crippen LogP contribution in [0.4, 0.5) is 8.78 Å². The molecule has 0 aliphatic heterocycles. The first kappa shape index (κ1) is 14.2. The van der Waals surface area contributed by atoms with Crippen molar-refractivity contribution in [2.45, 2.75) is 20.8 Å². The standard InChI is InChI=1S/C13H10F2O.C2H6/c1-9-2-4-10(5-3-9)16-11-6-7-12(14)13(15)8-11;1-2/h2-8H,1H3;1-2H3. The van der Waals surface area contributed by atoms with Crippen LogP contribution in [0.1, 0.15) is 19.4 Å². The first-order valence-electron chi connectivity index (χ1n) is 5.85. The number of aryl methyl sites for hydroxylation is 1. The molecule has 18 heavy (non-hydrogen) atoms. The minimum absolute atomic E-state index is 0.280. The highest BCUT2D eigenvalue weighted by atomic mass is 19.2. The van der Waals surface area contributed by atoms with Gasteiger partial charge in [0.25, 0.3) is 0 Å². The summed E-state index contributed by atoms with van der Waals surface area (Å²) >= 11 is 0. The average Bonchev–Trinajstić information content (AvgIpc) is 2.39. The van der Waals surface area contributed by atoms with E-state index in [1.54, 1.807) is 12.1 Å². The Labute approximate surface area is 106 Å². The third-order valence-corrected chi connectivity index (χ3v) is 2.15. The Balaban J connectivity index is 0.000000771. The summed E-state index contributed by atoms with van der Waals surface area (Å²) in [7, 11) is 0. The van der Waals surface area contributed by atoms with Gasteiger partial charge in [0.15, 0.2) is 11.6 Å². The highest BCUT2D eigenvalue weighted by molar-refractivity contribution is 5.33. The Morgan fingerprint density at radius 2 is 1.33 bits per heavy atom. The van der Waals surface area contributed by atoms with Gasteiger partial charge in [-0.2, -0.15) is 0 Å². The maximum atomic E-state index is 12.9. The van der Waals surface area contributed by atoms with Crippen molar-refractivity contribution in [1.82, 2.24) is 0 Å². The van der Waals surface area contributed by atoms with Gasteiger partial charge in [-0.15, -0.1) is 0 Å². The molecule has 1 nitrogen and oxygen atoms in total. The molecule has 0 N–H and O–H groups in total. The van der Waals surface area contributed by atoms with E-state index in [1.165, 1.54) is 6.07 Å². The lowest BCUT2D eigenvalue weighted by molar-refractivity contribution is 0.461. The van der Waals surface area contributed by atoms with Crippen LogP contribution in [0.5, 0.6) is 11.5 Å². The normalized spacial score (nSPS) is 9.39. The molecule has 0 saturated carbocycles. The molecule has 0 fully saturated rings. The van der Waals surface area contributed by atoms with Crippen LogP contribution in [-0.4, -0.2) is 0 Å². The second-order valence-electron chi connectivity index (χ2n) is 3.49. The maximum absolute atomic E-state index is 12.9. The van der Waals surface area contributed by atoms with Gasteiger partial charge in [0.05, 0.1) is 0 Å². The maximum Gasteiger partial charge on any atom is 0.162 e. The number of rotatable bonds is 2. The first-order valence-corrected chi connectivity index (χ1v) is 5.85. The summed E-state index contributed by atoms with van der Waals surface area (Å²) in [6, 6.07) is 10.8. The molecule has 0 amide bonds. The van der Waals surface area contributed by atoms with Crippen LogP contribution in [0, 0.1) is 18.6 Å². The highest BCUT2D eigenvalue weighted by Crippen LogP contribution is 2.23. The molecular weight excluding hydrogens is 234 g/mol. The molecule has 0 heterocycles. The highest BCUT2D eigenvalue weighted by Gasteiger charge is 2.03.